The molecule has 2 N–H and O–H groups in total. The molecule has 2 rings (SSSR count). The number of aliphatic hydroxyl groups is 1. The molecule has 0 unspecified atom stereocenters. The van der Waals surface area contributed by atoms with Crippen LogP contribution in [0.5, 0.6) is 5.75 Å². The molecule has 1 fully saturated rings. The number of ether oxygens (including phenoxy) is 1. The first kappa shape index (κ1) is 15.3. The summed E-state index contributed by atoms with van der Waals surface area (Å²) >= 11 is 0. The summed E-state index contributed by atoms with van der Waals surface area (Å²) in [4.78, 5) is 2.35. The van der Waals surface area contributed by atoms with Gasteiger partial charge in [0.25, 0.3) is 0 Å². The third kappa shape index (κ3) is 4.78. The first-order valence-electron chi connectivity index (χ1n) is 7.48. The average Bonchev–Trinajstić information content (AvgIpc) is 2.50. The van der Waals surface area contributed by atoms with Crippen molar-refractivity contribution >= 4 is 0 Å². The number of likely N-dealkylation sites (tertiary alicyclic amines) is 1. The Labute approximate surface area is 121 Å². The van der Waals surface area contributed by atoms with Crippen molar-refractivity contribution in [2.45, 2.75) is 19.4 Å². The Morgan fingerprint density at radius 3 is 2.85 bits per heavy atom. The van der Waals surface area contributed by atoms with E-state index >= 15 is 0 Å². The van der Waals surface area contributed by atoms with Gasteiger partial charge in [-0.15, -0.1) is 0 Å². The Morgan fingerprint density at radius 2 is 2.15 bits per heavy atom. The fourth-order valence-electron chi connectivity index (χ4n) is 2.76. The van der Waals surface area contributed by atoms with Gasteiger partial charge in [-0.05, 0) is 56.1 Å². The largest absolute Gasteiger partial charge is 0.497 e. The number of β-amino-alcohol motifs (C(OH)–C–C–N with tert-alkyl or cyclic N) is 1. The lowest BCUT2D eigenvalue weighted by atomic mass is 9.97. The van der Waals surface area contributed by atoms with Crippen LogP contribution >= 0.6 is 0 Å². The smallest absolute Gasteiger partial charge is 0.119 e. The first-order chi connectivity index (χ1) is 9.81. The van der Waals surface area contributed by atoms with E-state index < -0.39 is 0 Å². The Balaban J connectivity index is 1.66. The number of rotatable bonds is 7. The van der Waals surface area contributed by atoms with Crippen LogP contribution in [0.1, 0.15) is 18.4 Å². The van der Waals surface area contributed by atoms with Crippen molar-refractivity contribution in [1.82, 2.24) is 10.2 Å². The van der Waals surface area contributed by atoms with Gasteiger partial charge in [-0.1, -0.05) is 12.1 Å². The molecule has 1 aliphatic heterocycles. The summed E-state index contributed by atoms with van der Waals surface area (Å²) in [5.74, 6) is 1.68. The zero-order valence-corrected chi connectivity index (χ0v) is 12.3. The van der Waals surface area contributed by atoms with E-state index in [1.807, 2.05) is 12.1 Å². The fourth-order valence-corrected chi connectivity index (χ4v) is 2.76. The summed E-state index contributed by atoms with van der Waals surface area (Å²) in [6, 6.07) is 8.21. The van der Waals surface area contributed by atoms with Crippen LogP contribution in [0.3, 0.4) is 0 Å². The predicted molar refractivity (Wildman–Crippen MR) is 81.0 cm³/mol. The van der Waals surface area contributed by atoms with E-state index in [-0.39, 0.29) is 6.61 Å². The Bertz CT molecular complexity index is 390. The molecule has 0 aliphatic carbocycles. The van der Waals surface area contributed by atoms with Crippen LogP contribution in [0, 0.1) is 5.92 Å². The molecular formula is C16H26N2O2. The molecule has 0 atom stereocenters. The van der Waals surface area contributed by atoms with Crippen molar-refractivity contribution in [3.05, 3.63) is 29.8 Å². The van der Waals surface area contributed by atoms with Crippen LogP contribution in [-0.4, -0.2) is 49.9 Å². The van der Waals surface area contributed by atoms with Crippen LogP contribution in [0.25, 0.3) is 0 Å². The molecule has 1 saturated heterocycles. The van der Waals surface area contributed by atoms with Crippen LogP contribution in [0.4, 0.5) is 0 Å². The molecule has 0 amide bonds. The summed E-state index contributed by atoms with van der Waals surface area (Å²) in [6.45, 7) is 5.30. The van der Waals surface area contributed by atoms with Gasteiger partial charge in [0.2, 0.25) is 0 Å². The molecular weight excluding hydrogens is 252 g/mol. The maximum absolute atomic E-state index is 8.93. The number of nitrogens with zero attached hydrogens (tertiary/aromatic N) is 1. The van der Waals surface area contributed by atoms with Crippen LogP contribution < -0.4 is 10.1 Å². The number of nitrogens with one attached hydrogen (secondary N) is 1. The summed E-state index contributed by atoms with van der Waals surface area (Å²) in [6.07, 6.45) is 2.45. The van der Waals surface area contributed by atoms with Gasteiger partial charge in [0.15, 0.2) is 0 Å². The van der Waals surface area contributed by atoms with Crippen molar-refractivity contribution in [3.8, 4) is 5.75 Å². The highest BCUT2D eigenvalue weighted by atomic mass is 16.5. The molecule has 4 nitrogen and oxygen atoms in total. The van der Waals surface area contributed by atoms with Crippen LogP contribution in [0.15, 0.2) is 24.3 Å². The number of piperidine rings is 1. The van der Waals surface area contributed by atoms with Gasteiger partial charge in [-0.25, -0.2) is 0 Å². The molecule has 1 aliphatic rings. The summed E-state index contributed by atoms with van der Waals surface area (Å²) < 4.78 is 5.23. The third-order valence-electron chi connectivity index (χ3n) is 4.02. The highest BCUT2D eigenvalue weighted by molar-refractivity contribution is 5.28. The zero-order chi connectivity index (χ0) is 14.2. The van der Waals surface area contributed by atoms with Gasteiger partial charge in [-0.3, -0.25) is 0 Å². The number of benzene rings is 1. The molecule has 112 valence electrons. The maximum atomic E-state index is 8.93. The number of hydrogen-bond acceptors (Lipinski definition) is 4. The monoisotopic (exact) mass is 278 g/mol. The second-order valence-electron chi connectivity index (χ2n) is 5.49. The van der Waals surface area contributed by atoms with Crippen molar-refractivity contribution < 1.29 is 9.84 Å². The van der Waals surface area contributed by atoms with E-state index in [0.29, 0.717) is 0 Å². The summed E-state index contributed by atoms with van der Waals surface area (Å²) in [7, 11) is 1.70. The molecule has 1 aromatic carbocycles. The van der Waals surface area contributed by atoms with Gasteiger partial charge >= 0.3 is 0 Å². The van der Waals surface area contributed by atoms with Gasteiger partial charge < -0.3 is 20.1 Å². The molecule has 0 bridgehead atoms. The highest BCUT2D eigenvalue weighted by Gasteiger charge is 2.18. The zero-order valence-electron chi connectivity index (χ0n) is 12.3. The van der Waals surface area contributed by atoms with Crippen LogP contribution in [-0.2, 0) is 6.54 Å². The average molecular weight is 278 g/mol. The van der Waals surface area contributed by atoms with E-state index in [9.17, 15) is 0 Å². The van der Waals surface area contributed by atoms with Crippen LogP contribution in [0.2, 0.25) is 0 Å². The maximum Gasteiger partial charge on any atom is 0.119 e. The van der Waals surface area contributed by atoms with Gasteiger partial charge in [0, 0.05) is 13.1 Å². The lowest BCUT2D eigenvalue weighted by Gasteiger charge is -2.31. The van der Waals surface area contributed by atoms with E-state index in [0.717, 1.165) is 44.4 Å². The summed E-state index contributed by atoms with van der Waals surface area (Å²) in [5, 5.41) is 12.5. The molecule has 0 saturated carbocycles. The van der Waals surface area contributed by atoms with Crippen molar-refractivity contribution in [2.24, 2.45) is 5.92 Å². The lowest BCUT2D eigenvalue weighted by Crippen LogP contribution is -2.38. The summed E-state index contributed by atoms with van der Waals surface area (Å²) in [5.41, 5.74) is 1.27. The van der Waals surface area contributed by atoms with Crippen molar-refractivity contribution in [2.75, 3.05) is 39.9 Å². The van der Waals surface area contributed by atoms with Gasteiger partial charge in [-0.2, -0.15) is 0 Å². The van der Waals surface area contributed by atoms with E-state index in [1.54, 1.807) is 7.11 Å². The molecule has 4 heteroatoms. The minimum absolute atomic E-state index is 0.277. The lowest BCUT2D eigenvalue weighted by molar-refractivity contribution is 0.146. The Kier molecular flexibility index (Phi) is 6.30. The Morgan fingerprint density at radius 1 is 1.35 bits per heavy atom. The number of aliphatic hydroxyl groups excluding tert-OH is 1. The SMILES string of the molecule is COc1cccc(CNCC2CCN(CCO)CC2)c1. The van der Waals surface area contributed by atoms with E-state index in [1.165, 1.54) is 18.4 Å². The molecule has 20 heavy (non-hydrogen) atoms. The van der Waals surface area contributed by atoms with Gasteiger partial charge in [0.05, 0.1) is 13.7 Å². The topological polar surface area (TPSA) is 44.7 Å². The van der Waals surface area contributed by atoms with Crippen molar-refractivity contribution in [1.29, 1.82) is 0 Å². The second-order valence-corrected chi connectivity index (χ2v) is 5.49. The number of methoxy groups -OCH3 is 1. The molecule has 0 radical (unpaired) electrons. The highest BCUT2D eigenvalue weighted by Crippen LogP contribution is 2.16. The molecule has 0 spiro atoms. The number of hydrogen-bond donors (Lipinski definition) is 2. The second kappa shape index (κ2) is 8.25. The van der Waals surface area contributed by atoms with E-state index in [2.05, 4.69) is 22.3 Å². The van der Waals surface area contributed by atoms with Gasteiger partial charge in [0.1, 0.15) is 5.75 Å². The van der Waals surface area contributed by atoms with E-state index in [4.69, 9.17) is 9.84 Å². The molecule has 1 heterocycles. The van der Waals surface area contributed by atoms with Crippen molar-refractivity contribution in [3.63, 3.8) is 0 Å². The molecule has 1 aromatic rings. The minimum atomic E-state index is 0.277. The fraction of sp³-hybridized carbons (Fsp3) is 0.625. The third-order valence-corrected chi connectivity index (χ3v) is 4.02. The normalized spacial score (nSPS) is 17.3. The quantitative estimate of drug-likeness (QED) is 0.793. The minimum Gasteiger partial charge on any atom is -0.497 e. The molecule has 0 aromatic heterocycles. The first-order valence-corrected chi connectivity index (χ1v) is 7.48. The Hall–Kier alpha value is -1.10. The standard InChI is InChI=1S/C16H26N2O2/c1-20-16-4-2-3-15(11-16)13-17-12-14-5-7-18(8-6-14)9-10-19/h2-4,11,14,17,19H,5-10,12-13H2,1H3. The predicted octanol–water partition coefficient (Wildman–Crippen LogP) is 1.49.